The Morgan fingerprint density at radius 2 is 0.812 bits per heavy atom. The molecule has 9 aromatic rings. The molecule has 0 bridgehead atoms. The first kappa shape index (κ1) is 77.3. The Kier molecular flexibility index (Phi) is 31.8. The van der Waals surface area contributed by atoms with Crippen molar-refractivity contribution in [2.45, 2.75) is 60.8 Å². The number of anilines is 11. The Labute approximate surface area is 582 Å². The van der Waals surface area contributed by atoms with E-state index in [-0.39, 0.29) is 49.0 Å². The molecule has 0 aliphatic rings. The summed E-state index contributed by atoms with van der Waals surface area (Å²) in [6.45, 7) is 11.9. The lowest BCUT2D eigenvalue weighted by atomic mass is 10.2. The van der Waals surface area contributed by atoms with Gasteiger partial charge in [0.25, 0.3) is 17.7 Å². The van der Waals surface area contributed by atoms with Crippen LogP contribution in [0.5, 0.6) is 0 Å². The average Bonchev–Trinajstić information content (AvgIpc) is 1.92. The van der Waals surface area contributed by atoms with Crippen LogP contribution < -0.4 is 59.6 Å². The molecular weight excluding hydrogens is 1390 g/mol. The van der Waals surface area contributed by atoms with Crippen molar-refractivity contribution in [3.8, 4) is 0 Å². The van der Waals surface area contributed by atoms with Gasteiger partial charge < -0.3 is 62.9 Å². The fraction of sp³-hybridized carbons (Fsp3) is 0.237. The average molecular weight is 1450 g/mol. The Hall–Kier alpha value is -9.39. The molecule has 6 aromatic heterocycles. The summed E-state index contributed by atoms with van der Waals surface area (Å²) in [5, 5.41) is 41.9. The fourth-order valence-electron chi connectivity index (χ4n) is 7.55. The van der Waals surface area contributed by atoms with Crippen molar-refractivity contribution >= 4 is 178 Å². The number of nitrogens with one attached hydrogen (secondary N) is 9. The summed E-state index contributed by atoms with van der Waals surface area (Å²) in [5.74, 6) is 5.69. The summed E-state index contributed by atoms with van der Waals surface area (Å²) in [6.07, 6.45) is 5.06. The third kappa shape index (κ3) is 25.4. The number of carbonyl (C=O) groups is 6. The van der Waals surface area contributed by atoms with Crippen molar-refractivity contribution in [1.29, 1.82) is 0 Å². The van der Waals surface area contributed by atoms with Gasteiger partial charge in [-0.1, -0.05) is 117 Å². The molecule has 0 unspecified atom stereocenters. The number of esters is 2. The first-order valence-electron chi connectivity index (χ1n) is 28.0. The summed E-state index contributed by atoms with van der Waals surface area (Å²) in [4.78, 5) is 109. The van der Waals surface area contributed by atoms with Crippen molar-refractivity contribution in [1.82, 2.24) is 50.3 Å². The lowest BCUT2D eigenvalue weighted by Gasteiger charge is -2.09. The van der Waals surface area contributed by atoms with Gasteiger partial charge >= 0.3 is 11.9 Å². The van der Waals surface area contributed by atoms with E-state index >= 15 is 0 Å². The lowest BCUT2D eigenvalue weighted by Crippen LogP contribution is -2.21. The number of amides is 4. The summed E-state index contributed by atoms with van der Waals surface area (Å²) in [7, 11) is 2.69. The molecule has 37 heteroatoms. The summed E-state index contributed by atoms with van der Waals surface area (Å²) >= 11 is 27.9. The molecule has 0 atom stereocenters. The van der Waals surface area contributed by atoms with E-state index in [0.29, 0.717) is 133 Å². The van der Waals surface area contributed by atoms with Crippen LogP contribution in [0.3, 0.4) is 0 Å². The van der Waals surface area contributed by atoms with Gasteiger partial charge in [-0.2, -0.15) is 0 Å². The summed E-state index contributed by atoms with van der Waals surface area (Å²) in [6, 6.07) is 21.2. The van der Waals surface area contributed by atoms with Gasteiger partial charge in [0.05, 0.1) is 77.8 Å². The Balaban J connectivity index is 0.000000246. The number of aryl methyl sites for hydroxylation is 6. The number of para-hydroxylation sites is 3. The van der Waals surface area contributed by atoms with Crippen LogP contribution in [0.25, 0.3) is 0 Å². The van der Waals surface area contributed by atoms with Crippen LogP contribution in [0.15, 0.2) is 91.4 Å². The number of hydrogen-bond donors (Lipinski definition) is 13. The maximum Gasteiger partial charge on any atom is 0.307 e. The predicted molar refractivity (Wildman–Crippen MR) is 374 cm³/mol. The number of nitrogens with two attached hydrogens (primary N) is 2. The predicted octanol–water partition coefficient (Wildman–Crippen LogP) is 11.4. The third-order valence-corrected chi connectivity index (χ3v) is 15.9. The van der Waals surface area contributed by atoms with Crippen molar-refractivity contribution < 1.29 is 48.7 Å². The Morgan fingerprint density at radius 3 is 1.14 bits per heavy atom. The highest BCUT2D eigenvalue weighted by Crippen LogP contribution is 2.32. The molecule has 0 spiro atoms. The molecule has 0 saturated carbocycles. The van der Waals surface area contributed by atoms with Crippen LogP contribution in [-0.2, 0) is 23.9 Å². The smallest absolute Gasteiger partial charge is 0.307 e. The van der Waals surface area contributed by atoms with Gasteiger partial charge in [-0.05, 0) is 76.4 Å². The van der Waals surface area contributed by atoms with Crippen LogP contribution in [0.2, 0.25) is 20.2 Å². The molecule has 96 heavy (non-hydrogen) atoms. The van der Waals surface area contributed by atoms with E-state index in [2.05, 4.69) is 103 Å². The summed E-state index contributed by atoms with van der Waals surface area (Å²) < 4.78 is 8.89. The van der Waals surface area contributed by atoms with E-state index < -0.39 is 5.91 Å². The molecule has 15 N–H and O–H groups in total. The van der Waals surface area contributed by atoms with E-state index in [0.717, 1.165) is 28.0 Å². The minimum atomic E-state index is -0.503. The number of hydroxylamine groups is 1. The largest absolute Gasteiger partial charge is 0.469 e. The molecule has 30 nitrogen and oxygen atoms in total. The molecule has 508 valence electrons. The summed E-state index contributed by atoms with van der Waals surface area (Å²) in [5.41, 5.74) is 10.9. The zero-order valence-electron chi connectivity index (χ0n) is 52.5. The van der Waals surface area contributed by atoms with E-state index in [9.17, 15) is 28.8 Å². The molecule has 0 aliphatic carbocycles. The molecule has 0 fully saturated rings. The SMILES string of the molecule is COC(=O)CCN.COC(=O)CCNc1cc(Nc2ncc(C(=O)Nc3c(C)cccc3Cl)s2)nc(C)n1.Cc1nc(Cl)cc(Nc2ncc(C(=O)Nc3c(C)cccc3Cl)s2)n1.Cc1nc(NCCC(=O)NO)cc(Nc2ncc(C(=O)Nc3c(C)cccc3Cl)s2)n1.NO. The van der Waals surface area contributed by atoms with Gasteiger partial charge in [0, 0.05) is 44.3 Å². The maximum absolute atomic E-state index is 12.6. The standard InChI is InChI=1S/C20H21ClN6O3S.C19H20ClN7O3S.C16H13Cl2N5OS.C4H9NO2.H3NO/c1-11-5-4-6-13(21)18(11)27-19(29)14-10-23-20(31-14)26-16-9-15(24-12(2)25-16)22-8-7-17(28)30-3;1-10-4-3-5-12(20)17(10)26-18(29)13-9-22-19(31-13)25-15-8-14(23-11(2)24-15)21-7-6-16(28)27-30;1-8-4-3-5-10(17)14(8)23-15(24)11-7-19-16(25-11)22-13-6-12(18)20-9(2)21-13;1-7-4(6)2-3-5;1-2/h4-6,9-10H,7-8H2,1-3H3,(H,27,29)(H2,22,23,24,25,26);3-5,8-9,30H,6-7H2,1-2H3,(H,26,29)(H,27,28)(H2,21,22,23,24,25);3-7H,1-2H3,(H,23,24)(H,19,20,21,22);2-3,5H2,1H3;2H,1H2. The number of benzene rings is 3. The van der Waals surface area contributed by atoms with Crippen LogP contribution >= 0.6 is 80.4 Å². The van der Waals surface area contributed by atoms with Crippen LogP contribution in [-0.4, -0.2) is 125 Å². The van der Waals surface area contributed by atoms with Gasteiger partial charge in [-0.3, -0.25) is 34.0 Å². The number of carbonyl (C=O) groups excluding carboxylic acids is 6. The van der Waals surface area contributed by atoms with Gasteiger partial charge in [0.15, 0.2) is 15.4 Å². The van der Waals surface area contributed by atoms with Gasteiger partial charge in [-0.15, -0.1) is 0 Å². The first-order valence-corrected chi connectivity index (χ1v) is 32.0. The Morgan fingerprint density at radius 1 is 0.479 bits per heavy atom. The van der Waals surface area contributed by atoms with Crippen molar-refractivity contribution in [3.05, 3.63) is 160 Å². The molecular formula is C59H66Cl4N20O10S3. The zero-order valence-corrected chi connectivity index (χ0v) is 58.0. The highest BCUT2D eigenvalue weighted by atomic mass is 35.5. The Bertz CT molecular complexity index is 3880. The van der Waals surface area contributed by atoms with Crippen molar-refractivity contribution in [2.75, 3.05) is 76.4 Å². The second kappa shape index (κ2) is 39.5. The molecule has 0 aliphatic heterocycles. The van der Waals surface area contributed by atoms with E-state index in [1.807, 2.05) is 57.2 Å². The molecule has 6 heterocycles. The first-order chi connectivity index (χ1) is 45.9. The van der Waals surface area contributed by atoms with E-state index in [1.54, 1.807) is 62.6 Å². The highest BCUT2D eigenvalue weighted by Gasteiger charge is 2.19. The molecule has 0 radical (unpaired) electrons. The molecule has 0 saturated heterocycles. The second-order valence-electron chi connectivity index (χ2n) is 19.2. The van der Waals surface area contributed by atoms with Gasteiger partial charge in [-0.25, -0.2) is 56.2 Å². The van der Waals surface area contributed by atoms with Crippen molar-refractivity contribution in [2.24, 2.45) is 11.6 Å². The second-order valence-corrected chi connectivity index (χ2v) is 23.9. The maximum atomic E-state index is 12.6. The minimum Gasteiger partial charge on any atom is -0.469 e. The quantitative estimate of drug-likeness (QED) is 0.0130. The van der Waals surface area contributed by atoms with Gasteiger partial charge in [0.2, 0.25) is 5.91 Å². The van der Waals surface area contributed by atoms with E-state index in [1.165, 1.54) is 55.5 Å². The highest BCUT2D eigenvalue weighted by molar-refractivity contribution is 7.18. The number of aromatic nitrogens is 9. The number of halogens is 4. The zero-order chi connectivity index (χ0) is 70.4. The topological polar surface area (TPSA) is 438 Å². The third-order valence-electron chi connectivity index (χ3n) is 12.0. The fourth-order valence-corrected chi connectivity index (χ4v) is 10.7. The number of thiazole rings is 3. The molecule has 9 rings (SSSR count). The number of ether oxygens (including phenoxy) is 2. The number of hydrogen-bond acceptors (Lipinski definition) is 29. The number of methoxy groups -OCH3 is 2. The van der Waals surface area contributed by atoms with Gasteiger partial charge in [0.1, 0.15) is 66.3 Å². The minimum absolute atomic E-state index is 0.0815. The van der Waals surface area contributed by atoms with Crippen LogP contribution in [0, 0.1) is 41.5 Å². The normalized spacial score (nSPS) is 10.2. The monoisotopic (exact) mass is 1450 g/mol. The van der Waals surface area contributed by atoms with Crippen LogP contribution in [0.1, 0.15) is 82.4 Å². The number of nitrogens with zero attached hydrogens (tertiary/aromatic N) is 9. The van der Waals surface area contributed by atoms with Crippen molar-refractivity contribution in [3.63, 3.8) is 0 Å². The van der Waals surface area contributed by atoms with E-state index in [4.69, 9.17) is 62.6 Å². The number of rotatable bonds is 22. The lowest BCUT2D eigenvalue weighted by molar-refractivity contribution is -0.141. The van der Waals surface area contributed by atoms with Crippen LogP contribution in [0.4, 0.5) is 61.5 Å². The molecule has 4 amide bonds. The molecule has 3 aromatic carbocycles.